The van der Waals surface area contributed by atoms with Crippen LogP contribution in [0.25, 0.3) is 10.8 Å². The number of nitrogens with one attached hydrogen (secondary N) is 2. The molecule has 3 heteroatoms. The fourth-order valence-corrected chi connectivity index (χ4v) is 3.04. The summed E-state index contributed by atoms with van der Waals surface area (Å²) in [5.74, 6) is 1.57. The Morgan fingerprint density at radius 2 is 1.86 bits per heavy atom. The van der Waals surface area contributed by atoms with Gasteiger partial charge in [0.1, 0.15) is 0 Å². The minimum Gasteiger partial charge on any atom is -0.354 e. The van der Waals surface area contributed by atoms with Gasteiger partial charge in [0, 0.05) is 25.0 Å². The van der Waals surface area contributed by atoms with Crippen LogP contribution >= 0.6 is 0 Å². The van der Waals surface area contributed by atoms with Crippen molar-refractivity contribution < 1.29 is 0 Å². The zero-order chi connectivity index (χ0) is 14.2. The number of benzene rings is 2. The lowest BCUT2D eigenvalue weighted by molar-refractivity contribution is 0.788. The van der Waals surface area contributed by atoms with E-state index in [1.165, 1.54) is 35.6 Å². The van der Waals surface area contributed by atoms with E-state index in [4.69, 9.17) is 0 Å². The second-order valence-corrected chi connectivity index (χ2v) is 6.15. The molecule has 0 bridgehead atoms. The van der Waals surface area contributed by atoms with Gasteiger partial charge in [-0.05, 0) is 35.6 Å². The second kappa shape index (κ2) is 5.06. The van der Waals surface area contributed by atoms with Crippen LogP contribution in [0.4, 0.5) is 0 Å². The molecular weight excluding hydrogens is 258 g/mol. The van der Waals surface area contributed by atoms with E-state index in [-0.39, 0.29) is 0 Å². The topological polar surface area (TPSA) is 36.4 Å². The molecule has 0 unspecified atom stereocenters. The first-order valence-electron chi connectivity index (χ1n) is 7.82. The normalized spacial score (nSPS) is 24.9. The maximum absolute atomic E-state index is 4.33. The lowest BCUT2D eigenvalue weighted by atomic mass is 10.0. The van der Waals surface area contributed by atoms with Crippen LogP contribution in [0.1, 0.15) is 30.7 Å². The molecule has 2 aromatic rings. The van der Waals surface area contributed by atoms with Gasteiger partial charge in [-0.15, -0.1) is 0 Å². The van der Waals surface area contributed by atoms with Crippen LogP contribution in [0.2, 0.25) is 0 Å². The number of nitrogens with zero attached hydrogens (tertiary/aromatic N) is 1. The van der Waals surface area contributed by atoms with Crippen molar-refractivity contribution in [3.8, 4) is 0 Å². The first-order valence-corrected chi connectivity index (χ1v) is 7.82. The highest BCUT2D eigenvalue weighted by Crippen LogP contribution is 2.43. The predicted molar refractivity (Wildman–Crippen MR) is 87.7 cm³/mol. The van der Waals surface area contributed by atoms with E-state index in [0.717, 1.165) is 5.96 Å². The van der Waals surface area contributed by atoms with Gasteiger partial charge in [0.15, 0.2) is 5.96 Å². The van der Waals surface area contributed by atoms with Crippen LogP contribution in [-0.2, 0) is 0 Å². The van der Waals surface area contributed by atoms with Crippen molar-refractivity contribution in [1.82, 2.24) is 10.6 Å². The zero-order valence-corrected chi connectivity index (χ0v) is 12.3. The summed E-state index contributed by atoms with van der Waals surface area (Å²) in [5, 5.41) is 9.75. The number of guanidine groups is 1. The molecule has 0 amide bonds. The Labute approximate surface area is 125 Å². The SMILES string of the molecule is CN=C(NC1CC1)N[C@@H]1C[C@H]1c1cccc2ccccc12. The molecule has 2 saturated carbocycles. The molecule has 0 radical (unpaired) electrons. The third-order valence-corrected chi connectivity index (χ3v) is 4.48. The van der Waals surface area contributed by atoms with E-state index < -0.39 is 0 Å². The quantitative estimate of drug-likeness (QED) is 0.669. The molecule has 2 aliphatic rings. The number of hydrogen-bond acceptors (Lipinski definition) is 1. The fourth-order valence-electron chi connectivity index (χ4n) is 3.04. The van der Waals surface area contributed by atoms with Crippen LogP contribution in [-0.4, -0.2) is 25.1 Å². The Hall–Kier alpha value is -2.03. The van der Waals surface area contributed by atoms with Gasteiger partial charge < -0.3 is 10.6 Å². The number of fused-ring (bicyclic) bond motifs is 1. The van der Waals surface area contributed by atoms with Crippen molar-refractivity contribution in [2.45, 2.75) is 37.3 Å². The molecule has 4 rings (SSSR count). The van der Waals surface area contributed by atoms with Gasteiger partial charge in [0.25, 0.3) is 0 Å². The molecule has 21 heavy (non-hydrogen) atoms. The highest BCUT2D eigenvalue weighted by atomic mass is 15.2. The summed E-state index contributed by atoms with van der Waals surface area (Å²) >= 11 is 0. The molecule has 2 aromatic carbocycles. The van der Waals surface area contributed by atoms with Gasteiger partial charge in [-0.3, -0.25) is 4.99 Å². The Kier molecular flexibility index (Phi) is 3.06. The van der Waals surface area contributed by atoms with Crippen molar-refractivity contribution >= 4 is 16.7 Å². The van der Waals surface area contributed by atoms with Crippen molar-refractivity contribution in [3.05, 3.63) is 48.0 Å². The molecule has 2 atom stereocenters. The summed E-state index contributed by atoms with van der Waals surface area (Å²) in [6.07, 6.45) is 3.75. The first kappa shape index (κ1) is 12.7. The van der Waals surface area contributed by atoms with Crippen molar-refractivity contribution in [1.29, 1.82) is 0 Å². The summed E-state index contributed by atoms with van der Waals surface area (Å²) in [6, 6.07) is 16.5. The average Bonchev–Trinajstić information content (AvgIpc) is 3.43. The molecule has 0 spiro atoms. The van der Waals surface area contributed by atoms with Crippen LogP contribution in [0.3, 0.4) is 0 Å². The van der Waals surface area contributed by atoms with Gasteiger partial charge in [-0.2, -0.15) is 0 Å². The van der Waals surface area contributed by atoms with E-state index in [9.17, 15) is 0 Å². The molecule has 2 fully saturated rings. The third-order valence-electron chi connectivity index (χ3n) is 4.48. The Bertz CT molecular complexity index is 682. The standard InChI is InChI=1S/C18H21N3/c1-19-18(20-13-9-10-13)21-17-11-16(17)15-8-4-6-12-5-2-3-7-14(12)15/h2-8,13,16-17H,9-11H2,1H3,(H2,19,20,21)/t16-,17+/m0/s1. The molecule has 0 aliphatic heterocycles. The van der Waals surface area contributed by atoms with E-state index in [1.807, 2.05) is 7.05 Å². The summed E-state index contributed by atoms with van der Waals surface area (Å²) < 4.78 is 0. The summed E-state index contributed by atoms with van der Waals surface area (Å²) in [6.45, 7) is 0. The molecular formula is C18H21N3. The van der Waals surface area contributed by atoms with Gasteiger partial charge >= 0.3 is 0 Å². The van der Waals surface area contributed by atoms with Gasteiger partial charge in [-0.1, -0.05) is 42.5 Å². The lowest BCUT2D eigenvalue weighted by Crippen LogP contribution is -2.40. The molecule has 0 aromatic heterocycles. The van der Waals surface area contributed by atoms with Crippen LogP contribution in [0.5, 0.6) is 0 Å². The van der Waals surface area contributed by atoms with E-state index in [0.29, 0.717) is 18.0 Å². The minimum atomic E-state index is 0.515. The maximum Gasteiger partial charge on any atom is 0.191 e. The van der Waals surface area contributed by atoms with Crippen LogP contribution in [0.15, 0.2) is 47.5 Å². The zero-order valence-electron chi connectivity index (χ0n) is 12.3. The van der Waals surface area contributed by atoms with Crippen molar-refractivity contribution in [3.63, 3.8) is 0 Å². The van der Waals surface area contributed by atoms with Gasteiger partial charge in [-0.25, -0.2) is 0 Å². The Balaban J connectivity index is 1.50. The van der Waals surface area contributed by atoms with E-state index in [2.05, 4.69) is 58.1 Å². The minimum absolute atomic E-state index is 0.515. The predicted octanol–water partition coefficient (Wildman–Crippen LogP) is 3.02. The van der Waals surface area contributed by atoms with Gasteiger partial charge in [0.2, 0.25) is 0 Å². The van der Waals surface area contributed by atoms with Crippen molar-refractivity contribution in [2.75, 3.05) is 7.05 Å². The molecule has 0 saturated heterocycles. The molecule has 2 aliphatic carbocycles. The lowest BCUT2D eigenvalue weighted by Gasteiger charge is -2.11. The molecule has 108 valence electrons. The summed E-state index contributed by atoms with van der Waals surface area (Å²) in [4.78, 5) is 4.33. The molecule has 3 nitrogen and oxygen atoms in total. The monoisotopic (exact) mass is 279 g/mol. The number of aliphatic imine (C=N–C) groups is 1. The van der Waals surface area contributed by atoms with Gasteiger partial charge in [0.05, 0.1) is 0 Å². The molecule has 2 N–H and O–H groups in total. The Morgan fingerprint density at radius 1 is 1.05 bits per heavy atom. The number of hydrogen-bond donors (Lipinski definition) is 2. The average molecular weight is 279 g/mol. The van der Waals surface area contributed by atoms with E-state index >= 15 is 0 Å². The largest absolute Gasteiger partial charge is 0.354 e. The Morgan fingerprint density at radius 3 is 2.67 bits per heavy atom. The second-order valence-electron chi connectivity index (χ2n) is 6.15. The number of rotatable bonds is 3. The smallest absolute Gasteiger partial charge is 0.191 e. The van der Waals surface area contributed by atoms with E-state index in [1.54, 1.807) is 0 Å². The molecule has 0 heterocycles. The van der Waals surface area contributed by atoms with Crippen molar-refractivity contribution in [2.24, 2.45) is 4.99 Å². The maximum atomic E-state index is 4.33. The summed E-state index contributed by atoms with van der Waals surface area (Å²) in [7, 11) is 1.85. The highest BCUT2D eigenvalue weighted by molar-refractivity contribution is 5.87. The fraction of sp³-hybridized carbons (Fsp3) is 0.389. The summed E-state index contributed by atoms with van der Waals surface area (Å²) in [5.41, 5.74) is 1.47. The first-order chi connectivity index (χ1) is 10.3. The van der Waals surface area contributed by atoms with Crippen LogP contribution < -0.4 is 10.6 Å². The third kappa shape index (κ3) is 2.60. The highest BCUT2D eigenvalue weighted by Gasteiger charge is 2.40. The van der Waals surface area contributed by atoms with Crippen LogP contribution in [0, 0.1) is 0 Å².